The zero-order valence-electron chi connectivity index (χ0n) is 17.1. The Morgan fingerprint density at radius 1 is 0.800 bits per heavy atom. The lowest BCUT2D eigenvalue weighted by Crippen LogP contribution is -2.44. The Hall–Kier alpha value is -3.12. The number of rotatable bonds is 3. The van der Waals surface area contributed by atoms with Gasteiger partial charge in [0, 0.05) is 91.0 Å². The highest BCUT2D eigenvalue weighted by atomic mass is 19.1. The molecule has 6 heteroatoms. The largest absolute Gasteiger partial charge is 0.367 e. The first-order valence-electron chi connectivity index (χ1n) is 10.2. The molecular formula is C24H24F2N4. The van der Waals surface area contributed by atoms with Crippen molar-refractivity contribution < 1.29 is 8.78 Å². The smallest absolute Gasteiger partial charge is 0.149 e. The molecule has 2 aromatic heterocycles. The van der Waals surface area contributed by atoms with E-state index in [4.69, 9.17) is 0 Å². The van der Waals surface area contributed by atoms with Gasteiger partial charge in [0.2, 0.25) is 0 Å². The van der Waals surface area contributed by atoms with E-state index in [1.54, 1.807) is 12.3 Å². The number of benzene rings is 2. The van der Waals surface area contributed by atoms with Crippen LogP contribution in [0.4, 0.5) is 14.5 Å². The average Bonchev–Trinajstić information content (AvgIpc) is 3.34. The highest BCUT2D eigenvalue weighted by molar-refractivity contribution is 6.00. The molecule has 30 heavy (non-hydrogen) atoms. The topological polar surface area (TPSA) is 27.2 Å². The number of para-hydroxylation sites is 1. The molecule has 0 saturated carbocycles. The molecule has 0 atom stereocenters. The van der Waals surface area contributed by atoms with Crippen molar-refractivity contribution in [3.63, 3.8) is 0 Å². The minimum absolute atomic E-state index is 0.412. The fourth-order valence-electron chi connectivity index (χ4n) is 4.40. The van der Waals surface area contributed by atoms with Crippen molar-refractivity contribution in [2.24, 2.45) is 7.05 Å². The van der Waals surface area contributed by atoms with Crippen LogP contribution in [-0.2, 0) is 7.05 Å². The molecule has 1 saturated heterocycles. The fourth-order valence-corrected chi connectivity index (χ4v) is 4.40. The number of nitrogens with zero attached hydrogens (tertiary/aromatic N) is 3. The van der Waals surface area contributed by atoms with Crippen molar-refractivity contribution in [3.05, 3.63) is 66.6 Å². The molecule has 0 radical (unpaired) electrons. The van der Waals surface area contributed by atoms with Gasteiger partial charge in [-0.2, -0.15) is 0 Å². The van der Waals surface area contributed by atoms with Crippen LogP contribution < -0.4 is 4.90 Å². The summed E-state index contributed by atoms with van der Waals surface area (Å²) in [7, 11) is 4.06. The summed E-state index contributed by atoms with van der Waals surface area (Å²) in [6.07, 6.45) is 5.73. The molecule has 2 aromatic carbocycles. The lowest BCUT2D eigenvalue weighted by molar-refractivity contribution is 0.311. The Kier molecular flexibility index (Phi) is 4.59. The van der Waals surface area contributed by atoms with E-state index in [1.807, 2.05) is 30.3 Å². The zero-order valence-corrected chi connectivity index (χ0v) is 17.1. The third kappa shape index (κ3) is 3.08. The van der Waals surface area contributed by atoms with E-state index < -0.39 is 11.6 Å². The lowest BCUT2D eigenvalue weighted by Gasteiger charge is -2.34. The van der Waals surface area contributed by atoms with E-state index in [9.17, 15) is 8.78 Å². The number of piperazine rings is 1. The number of aromatic amines is 1. The van der Waals surface area contributed by atoms with Crippen LogP contribution in [0.1, 0.15) is 0 Å². The molecule has 4 aromatic rings. The number of aromatic nitrogens is 2. The van der Waals surface area contributed by atoms with Gasteiger partial charge in [-0.1, -0.05) is 18.2 Å². The van der Waals surface area contributed by atoms with Crippen molar-refractivity contribution in [2.45, 2.75) is 0 Å². The molecule has 4 nitrogen and oxygen atoms in total. The number of aryl methyl sites for hydroxylation is 1. The molecule has 0 bridgehead atoms. The van der Waals surface area contributed by atoms with Gasteiger partial charge in [0.1, 0.15) is 11.6 Å². The molecule has 0 spiro atoms. The SMILES string of the molecule is CN1CCN(c2cc(-c3c[nH]cc3-c3cn(C)c4ccccc34)c(F)cc2F)CC1. The van der Waals surface area contributed by atoms with Crippen molar-refractivity contribution >= 4 is 16.6 Å². The number of H-pyrrole nitrogens is 1. The van der Waals surface area contributed by atoms with Gasteiger partial charge in [-0.25, -0.2) is 8.78 Å². The highest BCUT2D eigenvalue weighted by Crippen LogP contribution is 2.39. The summed E-state index contributed by atoms with van der Waals surface area (Å²) in [4.78, 5) is 7.34. The van der Waals surface area contributed by atoms with Crippen molar-refractivity contribution in [1.82, 2.24) is 14.5 Å². The zero-order chi connectivity index (χ0) is 20.8. The van der Waals surface area contributed by atoms with Crippen LogP contribution in [0.2, 0.25) is 0 Å². The van der Waals surface area contributed by atoms with Gasteiger partial charge in [0.15, 0.2) is 0 Å². The summed E-state index contributed by atoms with van der Waals surface area (Å²) < 4.78 is 31.7. The van der Waals surface area contributed by atoms with Gasteiger partial charge >= 0.3 is 0 Å². The van der Waals surface area contributed by atoms with E-state index in [2.05, 4.69) is 39.8 Å². The molecule has 0 amide bonds. The third-order valence-electron chi connectivity index (χ3n) is 6.10. The number of hydrogen-bond donors (Lipinski definition) is 1. The highest BCUT2D eigenvalue weighted by Gasteiger charge is 2.22. The second-order valence-corrected chi connectivity index (χ2v) is 8.03. The first kappa shape index (κ1) is 18.9. The predicted molar refractivity (Wildman–Crippen MR) is 118 cm³/mol. The standard InChI is InChI=1S/C24H24F2N4/c1-28-7-9-30(10-8-28)24-11-17(21(25)12-22(24)26)18-13-27-14-19(18)20-15-29(2)23-6-4-3-5-16(20)23/h3-6,11-15,27H,7-10H2,1-2H3. The second kappa shape index (κ2) is 7.29. The van der Waals surface area contributed by atoms with E-state index in [1.165, 1.54) is 0 Å². The Bertz CT molecular complexity index is 1220. The summed E-state index contributed by atoms with van der Waals surface area (Å²) in [5.74, 6) is -1.06. The van der Waals surface area contributed by atoms with E-state index in [0.29, 0.717) is 11.3 Å². The first-order valence-corrected chi connectivity index (χ1v) is 10.2. The van der Waals surface area contributed by atoms with Crippen LogP contribution in [0.25, 0.3) is 33.2 Å². The molecule has 1 aliphatic heterocycles. The van der Waals surface area contributed by atoms with Gasteiger partial charge < -0.3 is 19.4 Å². The molecule has 0 aliphatic carbocycles. The van der Waals surface area contributed by atoms with Crippen LogP contribution in [0, 0.1) is 11.6 Å². The van der Waals surface area contributed by atoms with Crippen LogP contribution in [-0.4, -0.2) is 47.7 Å². The summed E-state index contributed by atoms with van der Waals surface area (Å²) in [5.41, 5.74) is 4.64. The van der Waals surface area contributed by atoms with Crippen molar-refractivity contribution in [2.75, 3.05) is 38.1 Å². The Labute approximate surface area is 174 Å². The van der Waals surface area contributed by atoms with Gasteiger partial charge in [-0.15, -0.1) is 0 Å². The number of nitrogens with one attached hydrogen (secondary N) is 1. The quantitative estimate of drug-likeness (QED) is 0.526. The number of likely N-dealkylation sites (N-methyl/N-ethyl adjacent to an activating group) is 1. The average molecular weight is 406 g/mol. The number of halogens is 2. The molecule has 1 fully saturated rings. The van der Waals surface area contributed by atoms with E-state index in [0.717, 1.165) is 59.8 Å². The number of anilines is 1. The second-order valence-electron chi connectivity index (χ2n) is 8.03. The molecule has 1 aliphatic rings. The summed E-state index contributed by atoms with van der Waals surface area (Å²) in [6.45, 7) is 3.17. The summed E-state index contributed by atoms with van der Waals surface area (Å²) in [6, 6.07) is 10.8. The molecule has 3 heterocycles. The lowest BCUT2D eigenvalue weighted by atomic mass is 9.97. The van der Waals surface area contributed by atoms with Gasteiger partial charge in [-0.05, 0) is 19.2 Å². The summed E-state index contributed by atoms with van der Waals surface area (Å²) >= 11 is 0. The van der Waals surface area contributed by atoms with Gasteiger partial charge in [0.05, 0.1) is 5.69 Å². The van der Waals surface area contributed by atoms with E-state index in [-0.39, 0.29) is 0 Å². The van der Waals surface area contributed by atoms with Crippen molar-refractivity contribution in [3.8, 4) is 22.3 Å². The molecule has 154 valence electrons. The molecular weight excluding hydrogens is 382 g/mol. The van der Waals surface area contributed by atoms with Gasteiger partial charge in [-0.3, -0.25) is 0 Å². The Morgan fingerprint density at radius 2 is 1.50 bits per heavy atom. The maximum Gasteiger partial charge on any atom is 0.149 e. The monoisotopic (exact) mass is 406 g/mol. The van der Waals surface area contributed by atoms with Crippen LogP contribution in [0.15, 0.2) is 55.0 Å². The van der Waals surface area contributed by atoms with Crippen LogP contribution in [0.5, 0.6) is 0 Å². The molecule has 0 unspecified atom stereocenters. The third-order valence-corrected chi connectivity index (χ3v) is 6.10. The van der Waals surface area contributed by atoms with E-state index >= 15 is 0 Å². The Morgan fingerprint density at radius 3 is 2.27 bits per heavy atom. The maximum absolute atomic E-state index is 15.0. The minimum atomic E-state index is -0.550. The minimum Gasteiger partial charge on any atom is -0.367 e. The number of fused-ring (bicyclic) bond motifs is 1. The van der Waals surface area contributed by atoms with Crippen molar-refractivity contribution in [1.29, 1.82) is 0 Å². The normalized spacial score (nSPS) is 15.3. The van der Waals surface area contributed by atoms with Gasteiger partial charge in [0.25, 0.3) is 0 Å². The molecule has 5 rings (SSSR count). The predicted octanol–water partition coefficient (Wildman–Crippen LogP) is 4.87. The fraction of sp³-hybridized carbons (Fsp3) is 0.250. The summed E-state index contributed by atoms with van der Waals surface area (Å²) in [5, 5.41) is 1.10. The Balaban J connectivity index is 1.62. The molecule has 1 N–H and O–H groups in total. The maximum atomic E-state index is 15.0. The number of hydrogen-bond acceptors (Lipinski definition) is 2. The first-order chi connectivity index (χ1) is 14.5. The van der Waals surface area contributed by atoms with Crippen LogP contribution >= 0.6 is 0 Å². The van der Waals surface area contributed by atoms with Crippen LogP contribution in [0.3, 0.4) is 0 Å².